The number of aromatic nitrogens is 5. The Hall–Kier alpha value is -3.70. The quantitative estimate of drug-likeness (QED) is 0.606. The van der Waals surface area contributed by atoms with Crippen molar-refractivity contribution in [1.82, 2.24) is 24.7 Å². The summed E-state index contributed by atoms with van der Waals surface area (Å²) >= 11 is 0. The van der Waals surface area contributed by atoms with Crippen LogP contribution in [0.5, 0.6) is 0 Å². The van der Waals surface area contributed by atoms with E-state index >= 15 is 0 Å². The first-order valence-electron chi connectivity index (χ1n) is 10.4. The SMILES string of the molecule is Cc1nc(NCc2cnn(Cc3ccc(C(F)(F)F)nc3)c2)nc2c1NC(=O)C1(CC1)N2C. The van der Waals surface area contributed by atoms with E-state index in [1.54, 1.807) is 17.1 Å². The Morgan fingerprint density at radius 2 is 1.97 bits per heavy atom. The van der Waals surface area contributed by atoms with Crippen LogP contribution in [0.15, 0.2) is 30.7 Å². The van der Waals surface area contributed by atoms with E-state index in [4.69, 9.17) is 0 Å². The minimum Gasteiger partial charge on any atom is -0.350 e. The van der Waals surface area contributed by atoms with Crippen LogP contribution < -0.4 is 15.5 Å². The van der Waals surface area contributed by atoms with Crippen molar-refractivity contribution in [2.45, 2.75) is 44.6 Å². The molecule has 2 aliphatic rings. The summed E-state index contributed by atoms with van der Waals surface area (Å²) in [5.41, 5.74) is 1.34. The van der Waals surface area contributed by atoms with E-state index < -0.39 is 17.4 Å². The highest BCUT2D eigenvalue weighted by atomic mass is 19.4. The van der Waals surface area contributed by atoms with Crippen molar-refractivity contribution in [3.05, 3.63) is 53.2 Å². The highest BCUT2D eigenvalue weighted by Gasteiger charge is 2.57. The van der Waals surface area contributed by atoms with Gasteiger partial charge in [-0.25, -0.2) is 4.98 Å². The number of nitrogens with one attached hydrogen (secondary N) is 2. The smallest absolute Gasteiger partial charge is 0.350 e. The van der Waals surface area contributed by atoms with E-state index in [0.29, 0.717) is 41.8 Å². The highest BCUT2D eigenvalue weighted by Crippen LogP contribution is 2.49. The van der Waals surface area contributed by atoms with Crippen molar-refractivity contribution in [2.75, 3.05) is 22.6 Å². The average molecular weight is 458 g/mol. The average Bonchev–Trinajstić information content (AvgIpc) is 3.45. The molecule has 0 saturated heterocycles. The number of halogens is 3. The van der Waals surface area contributed by atoms with E-state index in [1.807, 2.05) is 18.9 Å². The monoisotopic (exact) mass is 458 g/mol. The fraction of sp³-hybridized carbons (Fsp3) is 0.381. The van der Waals surface area contributed by atoms with Gasteiger partial charge in [0, 0.05) is 31.5 Å². The van der Waals surface area contributed by atoms with Crippen LogP contribution in [0.3, 0.4) is 0 Å². The molecule has 4 heterocycles. The summed E-state index contributed by atoms with van der Waals surface area (Å²) < 4.78 is 39.6. The predicted molar refractivity (Wildman–Crippen MR) is 114 cm³/mol. The lowest BCUT2D eigenvalue weighted by atomic mass is 10.1. The Morgan fingerprint density at radius 3 is 2.64 bits per heavy atom. The number of rotatable bonds is 5. The van der Waals surface area contributed by atoms with Crippen LogP contribution in [0, 0.1) is 6.92 Å². The van der Waals surface area contributed by atoms with Gasteiger partial charge in [0.25, 0.3) is 0 Å². The zero-order valence-corrected chi connectivity index (χ0v) is 17.9. The van der Waals surface area contributed by atoms with Gasteiger partial charge in [-0.05, 0) is 31.4 Å². The molecule has 12 heteroatoms. The summed E-state index contributed by atoms with van der Waals surface area (Å²) in [5, 5.41) is 10.4. The second kappa shape index (κ2) is 7.42. The topological polar surface area (TPSA) is 101 Å². The Bertz CT molecular complexity index is 1220. The molecule has 3 aromatic rings. The molecule has 1 fully saturated rings. The highest BCUT2D eigenvalue weighted by molar-refractivity contribution is 6.08. The molecule has 0 aromatic carbocycles. The number of aryl methyl sites for hydroxylation is 1. The lowest BCUT2D eigenvalue weighted by Crippen LogP contribution is -2.49. The van der Waals surface area contributed by atoms with Crippen molar-refractivity contribution in [3.63, 3.8) is 0 Å². The Balaban J connectivity index is 1.25. The molecule has 1 amide bonds. The molecule has 1 saturated carbocycles. The molecule has 0 bridgehead atoms. The summed E-state index contributed by atoms with van der Waals surface area (Å²) in [6, 6.07) is 2.35. The lowest BCUT2D eigenvalue weighted by Gasteiger charge is -2.35. The Morgan fingerprint density at radius 1 is 1.18 bits per heavy atom. The number of fused-ring (bicyclic) bond motifs is 1. The van der Waals surface area contributed by atoms with Crippen LogP contribution in [-0.2, 0) is 24.1 Å². The van der Waals surface area contributed by atoms with E-state index in [9.17, 15) is 18.0 Å². The molecule has 172 valence electrons. The zero-order valence-electron chi connectivity index (χ0n) is 17.9. The van der Waals surface area contributed by atoms with Crippen LogP contribution in [0.1, 0.15) is 35.4 Å². The van der Waals surface area contributed by atoms with E-state index in [0.717, 1.165) is 24.5 Å². The van der Waals surface area contributed by atoms with E-state index in [1.165, 1.54) is 12.3 Å². The van der Waals surface area contributed by atoms with Gasteiger partial charge in [0.15, 0.2) is 5.82 Å². The maximum atomic E-state index is 12.7. The second-order valence-corrected chi connectivity index (χ2v) is 8.33. The largest absolute Gasteiger partial charge is 0.433 e. The maximum absolute atomic E-state index is 12.7. The maximum Gasteiger partial charge on any atom is 0.433 e. The zero-order chi connectivity index (χ0) is 23.4. The van der Waals surface area contributed by atoms with Crippen LogP contribution in [-0.4, -0.2) is 43.2 Å². The van der Waals surface area contributed by atoms with Gasteiger partial charge in [-0.3, -0.25) is 14.5 Å². The number of nitrogens with zero attached hydrogens (tertiary/aromatic N) is 6. The van der Waals surface area contributed by atoms with Crippen molar-refractivity contribution < 1.29 is 18.0 Å². The van der Waals surface area contributed by atoms with Gasteiger partial charge in [0.05, 0.1) is 18.4 Å². The first-order valence-corrected chi connectivity index (χ1v) is 10.4. The number of likely N-dealkylation sites (N-methyl/N-ethyl adjacent to an activating group) is 1. The molecule has 9 nitrogen and oxygen atoms in total. The normalized spacial score (nSPS) is 16.5. The Labute approximate surface area is 187 Å². The van der Waals surface area contributed by atoms with Crippen molar-refractivity contribution in [1.29, 1.82) is 0 Å². The van der Waals surface area contributed by atoms with Gasteiger partial charge in [-0.15, -0.1) is 0 Å². The van der Waals surface area contributed by atoms with Gasteiger partial charge in [-0.2, -0.15) is 23.3 Å². The molecule has 2 N–H and O–H groups in total. The first kappa shape index (κ1) is 21.2. The summed E-state index contributed by atoms with van der Waals surface area (Å²) in [7, 11) is 1.88. The number of hydrogen-bond acceptors (Lipinski definition) is 7. The summed E-state index contributed by atoms with van der Waals surface area (Å²) in [5.74, 6) is 1.11. The number of alkyl halides is 3. The first-order chi connectivity index (χ1) is 15.7. The van der Waals surface area contributed by atoms with E-state index in [2.05, 4.69) is 30.7 Å². The molecular formula is C21H21F3N8O. The predicted octanol–water partition coefficient (Wildman–Crippen LogP) is 2.98. The minimum atomic E-state index is -4.46. The Kier molecular flexibility index (Phi) is 4.76. The summed E-state index contributed by atoms with van der Waals surface area (Å²) in [4.78, 5) is 26.9. The molecule has 1 aliphatic heterocycles. The number of hydrogen-bond donors (Lipinski definition) is 2. The number of carbonyl (C=O) groups excluding carboxylic acids is 1. The van der Waals surface area contributed by atoms with Gasteiger partial charge < -0.3 is 15.5 Å². The van der Waals surface area contributed by atoms with Crippen LogP contribution >= 0.6 is 0 Å². The molecule has 0 radical (unpaired) electrons. The standard InChI is InChI=1S/C21H21F3N8O/c1-12-16-17(31(2)20(5-6-20)18(33)29-16)30-19(28-12)26-8-14-9-27-32(11-14)10-13-3-4-15(25-7-13)21(22,23)24/h3-4,7,9,11H,5-6,8,10H2,1-2H3,(H,29,33)(H,26,28,30). The van der Waals surface area contributed by atoms with Gasteiger partial charge in [0.2, 0.25) is 11.9 Å². The third kappa shape index (κ3) is 3.85. The number of anilines is 3. The van der Waals surface area contributed by atoms with Gasteiger partial charge in [-0.1, -0.05) is 6.07 Å². The van der Waals surface area contributed by atoms with Crippen LogP contribution in [0.2, 0.25) is 0 Å². The lowest BCUT2D eigenvalue weighted by molar-refractivity contribution is -0.141. The molecular weight excluding hydrogens is 437 g/mol. The number of carbonyl (C=O) groups is 1. The third-order valence-corrected chi connectivity index (χ3v) is 6.01. The third-order valence-electron chi connectivity index (χ3n) is 6.01. The summed E-state index contributed by atoms with van der Waals surface area (Å²) in [6.45, 7) is 2.53. The van der Waals surface area contributed by atoms with Gasteiger partial charge >= 0.3 is 6.18 Å². The van der Waals surface area contributed by atoms with E-state index in [-0.39, 0.29) is 5.91 Å². The van der Waals surface area contributed by atoms with Gasteiger partial charge in [0.1, 0.15) is 16.9 Å². The minimum absolute atomic E-state index is 0.0134. The van der Waals surface area contributed by atoms with Crippen LogP contribution in [0.25, 0.3) is 0 Å². The van der Waals surface area contributed by atoms with Crippen molar-refractivity contribution in [3.8, 4) is 0 Å². The fourth-order valence-electron chi connectivity index (χ4n) is 3.93. The van der Waals surface area contributed by atoms with Crippen molar-refractivity contribution in [2.24, 2.45) is 0 Å². The molecule has 33 heavy (non-hydrogen) atoms. The molecule has 1 spiro atoms. The number of amides is 1. The molecule has 1 aliphatic carbocycles. The molecule has 0 unspecified atom stereocenters. The fourth-order valence-corrected chi connectivity index (χ4v) is 3.93. The molecule has 3 aromatic heterocycles. The molecule has 5 rings (SSSR count). The van der Waals surface area contributed by atoms with Crippen LogP contribution in [0.4, 0.5) is 30.6 Å². The molecule has 0 atom stereocenters. The number of pyridine rings is 1. The van der Waals surface area contributed by atoms with Crippen molar-refractivity contribution >= 4 is 23.4 Å². The second-order valence-electron chi connectivity index (χ2n) is 8.33. The summed E-state index contributed by atoms with van der Waals surface area (Å²) in [6.07, 6.45) is 1.80.